The molecule has 7 heteroatoms. The third kappa shape index (κ3) is 5.98. The number of nitrogens with zero attached hydrogens (tertiary/aromatic N) is 1. The van der Waals surface area contributed by atoms with Crippen molar-refractivity contribution in [3.05, 3.63) is 59.7 Å². The zero-order valence-corrected chi connectivity index (χ0v) is 13.8. The molecule has 130 valence electrons. The van der Waals surface area contributed by atoms with Crippen molar-refractivity contribution >= 4 is 23.8 Å². The predicted octanol–water partition coefficient (Wildman–Crippen LogP) is 2.69. The fraction of sp³-hybridized carbons (Fsp3) is 0.167. The summed E-state index contributed by atoms with van der Waals surface area (Å²) in [6.45, 7) is 2.57. The first-order valence-electron chi connectivity index (χ1n) is 7.86. The third-order valence-corrected chi connectivity index (χ3v) is 3.19. The summed E-state index contributed by atoms with van der Waals surface area (Å²) in [5, 5.41) is 18.6. The van der Waals surface area contributed by atoms with Gasteiger partial charge in [0.05, 0.1) is 6.21 Å². The number of hydrazone groups is 1. The second-order valence-electron chi connectivity index (χ2n) is 5.25. The number of phenols is 1. The lowest BCUT2D eigenvalue weighted by molar-refractivity contribution is 0.0955. The molecular formula is C18H20N4O3. The first kappa shape index (κ1) is 18.0. The van der Waals surface area contributed by atoms with Crippen molar-refractivity contribution in [3.63, 3.8) is 0 Å². The molecule has 0 fully saturated rings. The Hall–Kier alpha value is -3.35. The first-order valence-corrected chi connectivity index (χ1v) is 7.86. The van der Waals surface area contributed by atoms with Gasteiger partial charge in [0.2, 0.25) is 0 Å². The first-order chi connectivity index (χ1) is 12.1. The Labute approximate surface area is 145 Å². The molecule has 2 aromatic rings. The monoisotopic (exact) mass is 340 g/mol. The smallest absolute Gasteiger partial charge is 0.319 e. The molecule has 0 saturated heterocycles. The zero-order chi connectivity index (χ0) is 18.1. The Morgan fingerprint density at radius 1 is 1.16 bits per heavy atom. The summed E-state index contributed by atoms with van der Waals surface area (Å²) < 4.78 is 0. The highest BCUT2D eigenvalue weighted by Gasteiger charge is 2.05. The van der Waals surface area contributed by atoms with Crippen molar-refractivity contribution in [2.75, 3.05) is 11.9 Å². The maximum Gasteiger partial charge on any atom is 0.319 e. The highest BCUT2D eigenvalue weighted by Crippen LogP contribution is 2.10. The second-order valence-corrected chi connectivity index (χ2v) is 5.25. The summed E-state index contributed by atoms with van der Waals surface area (Å²) in [4.78, 5) is 23.6. The van der Waals surface area contributed by atoms with Gasteiger partial charge in [0.25, 0.3) is 5.91 Å². The lowest BCUT2D eigenvalue weighted by Gasteiger charge is -2.07. The molecule has 0 heterocycles. The lowest BCUT2D eigenvalue weighted by Crippen LogP contribution is -2.29. The van der Waals surface area contributed by atoms with E-state index in [1.165, 1.54) is 12.3 Å². The van der Waals surface area contributed by atoms with Crippen LogP contribution < -0.4 is 16.1 Å². The van der Waals surface area contributed by atoms with E-state index < -0.39 is 0 Å². The van der Waals surface area contributed by atoms with Crippen LogP contribution in [0.15, 0.2) is 53.6 Å². The molecule has 0 unspecified atom stereocenters. The van der Waals surface area contributed by atoms with Crippen LogP contribution in [0.1, 0.15) is 29.3 Å². The zero-order valence-electron chi connectivity index (χ0n) is 13.8. The fourth-order valence-electron chi connectivity index (χ4n) is 1.95. The summed E-state index contributed by atoms with van der Waals surface area (Å²) in [6.07, 6.45) is 2.29. The topological polar surface area (TPSA) is 103 Å². The normalized spacial score (nSPS) is 10.4. The number of aromatic hydroxyl groups is 1. The molecule has 0 bridgehead atoms. The quantitative estimate of drug-likeness (QED) is 0.480. The maximum absolute atomic E-state index is 12.0. The predicted molar refractivity (Wildman–Crippen MR) is 96.9 cm³/mol. The standard InChI is InChI=1S/C18H20N4O3/c1-2-10-19-18(25)21-15-8-6-14(7-9-15)17(24)22-20-12-13-4-3-5-16(23)11-13/h3-9,11-12,23H,2,10H2,1H3,(H,22,24)(H2,19,21,25)/b20-12+. The van der Waals surface area contributed by atoms with Crippen LogP contribution in [0.25, 0.3) is 0 Å². The van der Waals surface area contributed by atoms with E-state index in [9.17, 15) is 14.7 Å². The largest absolute Gasteiger partial charge is 0.508 e. The van der Waals surface area contributed by atoms with Gasteiger partial charge in [0.1, 0.15) is 5.75 Å². The number of anilines is 1. The van der Waals surface area contributed by atoms with Crippen molar-refractivity contribution < 1.29 is 14.7 Å². The number of carbonyl (C=O) groups excluding carboxylic acids is 2. The van der Waals surface area contributed by atoms with Gasteiger partial charge in [-0.25, -0.2) is 10.2 Å². The van der Waals surface area contributed by atoms with Crippen molar-refractivity contribution in [2.45, 2.75) is 13.3 Å². The van der Waals surface area contributed by atoms with Crippen LogP contribution in [0.5, 0.6) is 5.75 Å². The van der Waals surface area contributed by atoms with Gasteiger partial charge in [-0.1, -0.05) is 19.1 Å². The average molecular weight is 340 g/mol. The number of hydrogen-bond acceptors (Lipinski definition) is 4. The van der Waals surface area contributed by atoms with Gasteiger partial charge in [-0.3, -0.25) is 4.79 Å². The molecule has 0 aliphatic heterocycles. The Morgan fingerprint density at radius 3 is 2.60 bits per heavy atom. The summed E-state index contributed by atoms with van der Waals surface area (Å²) in [5.74, 6) is -0.250. The summed E-state index contributed by atoms with van der Waals surface area (Å²) in [5.41, 5.74) is 4.07. The minimum absolute atomic E-state index is 0.126. The molecule has 2 aromatic carbocycles. The van der Waals surface area contributed by atoms with E-state index in [0.29, 0.717) is 23.4 Å². The number of amides is 3. The van der Waals surface area contributed by atoms with Gasteiger partial charge in [0, 0.05) is 17.8 Å². The van der Waals surface area contributed by atoms with E-state index in [0.717, 1.165) is 6.42 Å². The van der Waals surface area contributed by atoms with Crippen molar-refractivity contribution in [2.24, 2.45) is 5.10 Å². The molecule has 0 aliphatic rings. The Balaban J connectivity index is 1.88. The molecule has 0 saturated carbocycles. The molecule has 3 amide bonds. The number of hydrogen-bond donors (Lipinski definition) is 4. The number of carbonyl (C=O) groups is 2. The number of nitrogens with one attached hydrogen (secondary N) is 3. The fourth-order valence-corrected chi connectivity index (χ4v) is 1.95. The van der Waals surface area contributed by atoms with E-state index in [1.54, 1.807) is 42.5 Å². The van der Waals surface area contributed by atoms with E-state index >= 15 is 0 Å². The van der Waals surface area contributed by atoms with E-state index in [-0.39, 0.29) is 17.7 Å². The molecule has 4 N–H and O–H groups in total. The molecule has 0 spiro atoms. The van der Waals surface area contributed by atoms with Crippen LogP contribution in [0.2, 0.25) is 0 Å². The molecule has 0 aliphatic carbocycles. The number of urea groups is 1. The molecule has 2 rings (SSSR count). The van der Waals surface area contributed by atoms with Crippen molar-refractivity contribution in [1.82, 2.24) is 10.7 Å². The molecular weight excluding hydrogens is 320 g/mol. The van der Waals surface area contributed by atoms with Crippen LogP contribution in [0, 0.1) is 0 Å². The number of phenolic OH excluding ortho intramolecular Hbond substituents is 1. The van der Waals surface area contributed by atoms with Gasteiger partial charge in [-0.05, 0) is 48.4 Å². The minimum Gasteiger partial charge on any atom is -0.508 e. The molecule has 7 nitrogen and oxygen atoms in total. The molecule has 0 aromatic heterocycles. The van der Waals surface area contributed by atoms with Crippen LogP contribution in [0.4, 0.5) is 10.5 Å². The lowest BCUT2D eigenvalue weighted by atomic mass is 10.2. The van der Waals surface area contributed by atoms with Crippen LogP contribution >= 0.6 is 0 Å². The van der Waals surface area contributed by atoms with E-state index in [1.807, 2.05) is 6.92 Å². The van der Waals surface area contributed by atoms with Crippen molar-refractivity contribution in [1.29, 1.82) is 0 Å². The van der Waals surface area contributed by atoms with Crippen LogP contribution in [-0.2, 0) is 0 Å². The van der Waals surface area contributed by atoms with Gasteiger partial charge in [-0.15, -0.1) is 0 Å². The second kappa shape index (κ2) is 9.07. The average Bonchev–Trinajstić information content (AvgIpc) is 2.60. The molecule has 25 heavy (non-hydrogen) atoms. The van der Waals surface area contributed by atoms with Crippen molar-refractivity contribution in [3.8, 4) is 5.75 Å². The molecule has 0 atom stereocenters. The maximum atomic E-state index is 12.0. The van der Waals surface area contributed by atoms with E-state index in [2.05, 4.69) is 21.2 Å². The Bertz CT molecular complexity index is 757. The van der Waals surface area contributed by atoms with E-state index in [4.69, 9.17) is 0 Å². The summed E-state index contributed by atoms with van der Waals surface area (Å²) >= 11 is 0. The highest BCUT2D eigenvalue weighted by molar-refractivity contribution is 5.96. The number of benzene rings is 2. The van der Waals surface area contributed by atoms with Crippen LogP contribution in [-0.4, -0.2) is 29.8 Å². The van der Waals surface area contributed by atoms with Gasteiger partial charge < -0.3 is 15.7 Å². The molecule has 0 radical (unpaired) electrons. The third-order valence-electron chi connectivity index (χ3n) is 3.19. The van der Waals surface area contributed by atoms with Crippen LogP contribution in [0.3, 0.4) is 0 Å². The summed E-state index contributed by atoms with van der Waals surface area (Å²) in [7, 11) is 0. The minimum atomic E-state index is -0.376. The van der Waals surface area contributed by atoms with Gasteiger partial charge >= 0.3 is 6.03 Å². The number of rotatable bonds is 6. The highest BCUT2D eigenvalue weighted by atomic mass is 16.3. The van der Waals surface area contributed by atoms with Gasteiger partial charge in [0.15, 0.2) is 0 Å². The summed E-state index contributed by atoms with van der Waals surface area (Å²) in [6, 6.07) is 12.7. The van der Waals surface area contributed by atoms with Gasteiger partial charge in [-0.2, -0.15) is 5.10 Å². The SMILES string of the molecule is CCCNC(=O)Nc1ccc(C(=O)N/N=C/c2cccc(O)c2)cc1. The Morgan fingerprint density at radius 2 is 1.92 bits per heavy atom. The Kier molecular flexibility index (Phi) is 6.53.